The lowest BCUT2D eigenvalue weighted by molar-refractivity contribution is -0.137. The molecule has 0 aliphatic rings. The van der Waals surface area contributed by atoms with E-state index in [-0.39, 0.29) is 0 Å². The first-order chi connectivity index (χ1) is 11.0. The summed E-state index contributed by atoms with van der Waals surface area (Å²) < 4.78 is 37.4. The molecule has 0 aliphatic heterocycles. The van der Waals surface area contributed by atoms with E-state index < -0.39 is 11.7 Å². The molecule has 0 heterocycles. The predicted molar refractivity (Wildman–Crippen MR) is 90.1 cm³/mol. The lowest BCUT2D eigenvalue weighted by Crippen LogP contribution is -2.04. The van der Waals surface area contributed by atoms with Crippen LogP contribution in [0.15, 0.2) is 58.5 Å². The van der Waals surface area contributed by atoms with Gasteiger partial charge in [0.25, 0.3) is 0 Å². The highest BCUT2D eigenvalue weighted by Crippen LogP contribution is 2.29. The second-order valence-electron chi connectivity index (χ2n) is 4.86. The van der Waals surface area contributed by atoms with Gasteiger partial charge in [-0.2, -0.15) is 18.3 Å². The van der Waals surface area contributed by atoms with Crippen molar-refractivity contribution < 1.29 is 13.2 Å². The zero-order valence-electron chi connectivity index (χ0n) is 12.6. The summed E-state index contributed by atoms with van der Waals surface area (Å²) in [7, 11) is 0. The molecular weight excluding hydrogens is 321 g/mol. The van der Waals surface area contributed by atoms with Crippen molar-refractivity contribution in [3.8, 4) is 0 Å². The Morgan fingerprint density at radius 2 is 1.70 bits per heavy atom. The van der Waals surface area contributed by atoms with Gasteiger partial charge >= 0.3 is 6.18 Å². The number of rotatable bonds is 6. The molecule has 0 aliphatic carbocycles. The predicted octanol–water partition coefficient (Wildman–Crippen LogP) is 5.65. The number of nitrogens with zero attached hydrogens (tertiary/aromatic N) is 1. The second kappa shape index (κ2) is 8.06. The first-order valence-corrected chi connectivity index (χ1v) is 8.17. The zero-order valence-corrected chi connectivity index (χ0v) is 13.4. The molecule has 2 nitrogen and oxygen atoms in total. The fraction of sp³-hybridized carbons (Fsp3) is 0.235. The van der Waals surface area contributed by atoms with Gasteiger partial charge in [0.05, 0.1) is 17.5 Å². The molecule has 0 aromatic heterocycles. The standard InChI is InChI=1S/C17H17F3N2S/c1-2-11-23-16-9-3-13(4-10-16)12-21-22-15-7-5-14(6-8-15)17(18,19)20/h3-10,12,22H,2,11H2,1H3. The van der Waals surface area contributed by atoms with E-state index in [1.165, 1.54) is 17.0 Å². The van der Waals surface area contributed by atoms with Gasteiger partial charge in [0.1, 0.15) is 0 Å². The first-order valence-electron chi connectivity index (χ1n) is 7.18. The van der Waals surface area contributed by atoms with Crippen LogP contribution in [0.5, 0.6) is 0 Å². The van der Waals surface area contributed by atoms with Gasteiger partial charge < -0.3 is 0 Å². The third-order valence-corrected chi connectivity index (χ3v) is 4.19. The van der Waals surface area contributed by atoms with Gasteiger partial charge in [-0.3, -0.25) is 5.43 Å². The topological polar surface area (TPSA) is 24.4 Å². The molecule has 0 amide bonds. The normalized spacial score (nSPS) is 11.8. The SMILES string of the molecule is CCCSc1ccc(C=NNc2ccc(C(F)(F)F)cc2)cc1. The Morgan fingerprint density at radius 3 is 2.26 bits per heavy atom. The van der Waals surface area contributed by atoms with Crippen molar-refractivity contribution in [1.29, 1.82) is 0 Å². The molecule has 23 heavy (non-hydrogen) atoms. The fourth-order valence-corrected chi connectivity index (χ4v) is 2.55. The van der Waals surface area contributed by atoms with Gasteiger partial charge in [-0.05, 0) is 54.1 Å². The van der Waals surface area contributed by atoms with Crippen molar-refractivity contribution in [3.63, 3.8) is 0 Å². The van der Waals surface area contributed by atoms with Crippen LogP contribution < -0.4 is 5.43 Å². The van der Waals surface area contributed by atoms with Crippen LogP contribution in [0, 0.1) is 0 Å². The molecular formula is C17H17F3N2S. The van der Waals surface area contributed by atoms with E-state index in [1.807, 2.05) is 24.3 Å². The lowest BCUT2D eigenvalue weighted by Gasteiger charge is -2.07. The number of alkyl halides is 3. The van der Waals surface area contributed by atoms with Crippen LogP contribution in [0.25, 0.3) is 0 Å². The van der Waals surface area contributed by atoms with Crippen LogP contribution in [0.1, 0.15) is 24.5 Å². The number of hydrogen-bond acceptors (Lipinski definition) is 3. The maximum atomic E-state index is 12.5. The lowest BCUT2D eigenvalue weighted by atomic mass is 10.2. The molecule has 0 unspecified atom stereocenters. The number of nitrogens with one attached hydrogen (secondary N) is 1. The average Bonchev–Trinajstić information content (AvgIpc) is 2.54. The van der Waals surface area contributed by atoms with Crippen molar-refractivity contribution in [3.05, 3.63) is 59.7 Å². The third kappa shape index (κ3) is 5.63. The molecule has 0 spiro atoms. The molecule has 0 atom stereocenters. The summed E-state index contributed by atoms with van der Waals surface area (Å²) in [4.78, 5) is 1.21. The molecule has 0 saturated heterocycles. The Morgan fingerprint density at radius 1 is 1.04 bits per heavy atom. The molecule has 2 aromatic carbocycles. The number of benzene rings is 2. The van der Waals surface area contributed by atoms with Crippen LogP contribution in [0.3, 0.4) is 0 Å². The molecule has 0 fully saturated rings. The molecule has 1 N–H and O–H groups in total. The molecule has 2 rings (SSSR count). The Labute approximate surface area is 137 Å². The summed E-state index contributed by atoms with van der Waals surface area (Å²) >= 11 is 1.80. The number of hydrogen-bond donors (Lipinski definition) is 1. The van der Waals surface area contributed by atoms with E-state index in [2.05, 4.69) is 17.5 Å². The smallest absolute Gasteiger partial charge is 0.279 e. The maximum absolute atomic E-state index is 12.5. The minimum Gasteiger partial charge on any atom is -0.279 e. The largest absolute Gasteiger partial charge is 0.416 e. The number of halogens is 3. The van der Waals surface area contributed by atoms with Gasteiger partial charge in [0.2, 0.25) is 0 Å². The van der Waals surface area contributed by atoms with E-state index in [1.54, 1.807) is 18.0 Å². The summed E-state index contributed by atoms with van der Waals surface area (Å²) in [5, 5.41) is 4.03. The second-order valence-corrected chi connectivity index (χ2v) is 6.03. The highest BCUT2D eigenvalue weighted by molar-refractivity contribution is 7.99. The first kappa shape index (κ1) is 17.4. The molecule has 6 heteroatoms. The molecule has 0 saturated carbocycles. The third-order valence-electron chi connectivity index (χ3n) is 2.97. The summed E-state index contributed by atoms with van der Waals surface area (Å²) in [5.74, 6) is 1.09. The van der Waals surface area contributed by atoms with E-state index in [0.717, 1.165) is 29.9 Å². The van der Waals surface area contributed by atoms with Gasteiger partial charge in [0, 0.05) is 4.90 Å². The van der Waals surface area contributed by atoms with Crippen molar-refractivity contribution in [2.45, 2.75) is 24.4 Å². The Balaban J connectivity index is 1.91. The summed E-state index contributed by atoms with van der Waals surface area (Å²) in [6.45, 7) is 2.14. The quantitative estimate of drug-likeness (QED) is 0.418. The zero-order chi connectivity index (χ0) is 16.7. The highest BCUT2D eigenvalue weighted by atomic mass is 32.2. The highest BCUT2D eigenvalue weighted by Gasteiger charge is 2.29. The Kier molecular flexibility index (Phi) is 6.10. The molecule has 122 valence electrons. The van der Waals surface area contributed by atoms with Crippen molar-refractivity contribution in [1.82, 2.24) is 0 Å². The van der Waals surface area contributed by atoms with Crippen LogP contribution in [0.2, 0.25) is 0 Å². The fourth-order valence-electron chi connectivity index (χ4n) is 1.79. The van der Waals surface area contributed by atoms with Gasteiger partial charge in [-0.1, -0.05) is 19.1 Å². The number of anilines is 1. The Hall–Kier alpha value is -1.95. The minimum absolute atomic E-state index is 0.504. The molecule has 2 aromatic rings. The van der Waals surface area contributed by atoms with E-state index >= 15 is 0 Å². The van der Waals surface area contributed by atoms with Gasteiger partial charge in [-0.15, -0.1) is 11.8 Å². The van der Waals surface area contributed by atoms with Gasteiger partial charge in [-0.25, -0.2) is 0 Å². The van der Waals surface area contributed by atoms with Gasteiger partial charge in [0.15, 0.2) is 0 Å². The van der Waals surface area contributed by atoms with Crippen LogP contribution in [-0.2, 0) is 6.18 Å². The van der Waals surface area contributed by atoms with E-state index in [4.69, 9.17) is 0 Å². The van der Waals surface area contributed by atoms with Crippen molar-refractivity contribution >= 4 is 23.7 Å². The maximum Gasteiger partial charge on any atom is 0.416 e. The summed E-state index contributed by atoms with van der Waals surface area (Å²) in [5.41, 5.74) is 3.47. The minimum atomic E-state index is -4.32. The summed E-state index contributed by atoms with van der Waals surface area (Å²) in [6.07, 6.45) is -1.56. The van der Waals surface area contributed by atoms with Crippen LogP contribution in [-0.4, -0.2) is 12.0 Å². The van der Waals surface area contributed by atoms with Crippen molar-refractivity contribution in [2.75, 3.05) is 11.2 Å². The van der Waals surface area contributed by atoms with Crippen molar-refractivity contribution in [2.24, 2.45) is 5.10 Å². The van der Waals surface area contributed by atoms with Crippen LogP contribution >= 0.6 is 11.8 Å². The average molecular weight is 338 g/mol. The van der Waals surface area contributed by atoms with E-state index in [9.17, 15) is 13.2 Å². The van der Waals surface area contributed by atoms with Crippen LogP contribution in [0.4, 0.5) is 18.9 Å². The number of thioether (sulfide) groups is 1. The monoisotopic (exact) mass is 338 g/mol. The van der Waals surface area contributed by atoms with E-state index in [0.29, 0.717) is 5.69 Å². The summed E-state index contributed by atoms with van der Waals surface area (Å²) in [6, 6.07) is 12.7. The number of hydrazone groups is 1. The molecule has 0 radical (unpaired) electrons. The molecule has 0 bridgehead atoms. The Bertz CT molecular complexity index is 634.